The van der Waals surface area contributed by atoms with Gasteiger partial charge in [0.05, 0.1) is 11.5 Å². The topological polar surface area (TPSA) is 77.2 Å². The van der Waals surface area contributed by atoms with Crippen molar-refractivity contribution >= 4 is 5.91 Å². The van der Waals surface area contributed by atoms with Crippen molar-refractivity contribution in [1.29, 1.82) is 0 Å². The molecule has 4 fully saturated rings. The molecule has 0 radical (unpaired) electrons. The quantitative estimate of drug-likeness (QED) is 0.907. The van der Waals surface area contributed by atoms with Gasteiger partial charge in [0.2, 0.25) is 17.7 Å². The first-order valence-corrected chi connectivity index (χ1v) is 8.06. The van der Waals surface area contributed by atoms with Gasteiger partial charge in [-0.3, -0.25) is 9.53 Å². The molecule has 1 N–H and O–H groups in total. The number of amides is 1. The van der Waals surface area contributed by atoms with Gasteiger partial charge in [0.15, 0.2) is 0 Å². The van der Waals surface area contributed by atoms with E-state index in [1.165, 1.54) is 6.92 Å². The lowest BCUT2D eigenvalue weighted by Gasteiger charge is -2.45. The number of fused-ring (bicyclic) bond motifs is 1. The molecule has 1 heterocycles. The molecule has 4 aliphatic rings. The van der Waals surface area contributed by atoms with Crippen molar-refractivity contribution in [2.75, 3.05) is 0 Å². The second-order valence-corrected chi connectivity index (χ2v) is 7.39. The number of ether oxygens (including phenoxy) is 1. The standard InChI is InChI=1S/C15H18F3N3O3/c1-8(22)19-14-3-2-13(6-14,7-14)12-21-20-11(23-12)9-4-10(5-9)24-15(16,17)18/h9-10H,2-7H2,1H3,(H,19,22). The highest BCUT2D eigenvalue weighted by Crippen LogP contribution is 2.62. The van der Waals surface area contributed by atoms with Crippen LogP contribution in [0.4, 0.5) is 13.2 Å². The maximum Gasteiger partial charge on any atom is 0.522 e. The highest BCUT2D eigenvalue weighted by Gasteiger charge is 2.64. The van der Waals surface area contributed by atoms with Crippen LogP contribution >= 0.6 is 0 Å². The van der Waals surface area contributed by atoms with Crippen LogP contribution < -0.4 is 5.32 Å². The molecular weight excluding hydrogens is 327 g/mol. The van der Waals surface area contributed by atoms with Crippen LogP contribution in [0, 0.1) is 0 Å². The molecule has 0 atom stereocenters. The van der Waals surface area contributed by atoms with Gasteiger partial charge in [-0.2, -0.15) is 0 Å². The third-order valence-electron chi connectivity index (χ3n) is 5.52. The van der Waals surface area contributed by atoms with Crippen LogP contribution in [-0.4, -0.2) is 34.1 Å². The zero-order valence-electron chi connectivity index (χ0n) is 13.2. The Morgan fingerprint density at radius 1 is 1.29 bits per heavy atom. The minimum Gasteiger partial charge on any atom is -0.424 e. The Kier molecular flexibility index (Phi) is 3.26. The predicted octanol–water partition coefficient (Wildman–Crippen LogP) is 2.55. The van der Waals surface area contributed by atoms with Crippen molar-refractivity contribution in [3.05, 3.63) is 11.8 Å². The highest BCUT2D eigenvalue weighted by molar-refractivity contribution is 5.74. The van der Waals surface area contributed by atoms with E-state index >= 15 is 0 Å². The zero-order valence-corrected chi connectivity index (χ0v) is 13.2. The van der Waals surface area contributed by atoms with E-state index in [-0.39, 0.29) is 35.6 Å². The van der Waals surface area contributed by atoms with Gasteiger partial charge >= 0.3 is 6.36 Å². The average molecular weight is 345 g/mol. The third kappa shape index (κ3) is 2.58. The van der Waals surface area contributed by atoms with Gasteiger partial charge in [-0.1, -0.05) is 0 Å². The summed E-state index contributed by atoms with van der Waals surface area (Å²) >= 11 is 0. The summed E-state index contributed by atoms with van der Waals surface area (Å²) in [4.78, 5) is 11.3. The first-order valence-electron chi connectivity index (χ1n) is 8.06. The molecule has 132 valence electrons. The molecule has 24 heavy (non-hydrogen) atoms. The average Bonchev–Trinajstić information content (AvgIpc) is 3.03. The monoisotopic (exact) mass is 345 g/mol. The first-order chi connectivity index (χ1) is 11.2. The van der Waals surface area contributed by atoms with Crippen LogP contribution in [0.1, 0.15) is 63.1 Å². The lowest BCUT2D eigenvalue weighted by atomic mass is 9.65. The van der Waals surface area contributed by atoms with E-state index < -0.39 is 12.5 Å². The van der Waals surface area contributed by atoms with Crippen LogP contribution in [-0.2, 0) is 14.9 Å². The largest absolute Gasteiger partial charge is 0.522 e. The normalized spacial score (nSPS) is 37.7. The summed E-state index contributed by atoms with van der Waals surface area (Å²) in [6.45, 7) is 1.51. The van der Waals surface area contributed by atoms with Gasteiger partial charge in [-0.15, -0.1) is 23.4 Å². The van der Waals surface area contributed by atoms with E-state index in [2.05, 4.69) is 20.3 Å². The molecule has 1 amide bonds. The van der Waals surface area contributed by atoms with E-state index in [1.54, 1.807) is 0 Å². The maximum atomic E-state index is 12.1. The second kappa shape index (κ2) is 4.93. The molecule has 5 rings (SSSR count). The molecule has 1 aromatic rings. The Balaban J connectivity index is 1.37. The molecule has 0 aliphatic heterocycles. The Morgan fingerprint density at radius 2 is 2.00 bits per heavy atom. The lowest BCUT2D eigenvalue weighted by molar-refractivity contribution is -0.352. The van der Waals surface area contributed by atoms with Crippen molar-refractivity contribution in [3.8, 4) is 0 Å². The number of carbonyl (C=O) groups is 1. The Labute approximate surface area is 136 Å². The molecule has 4 saturated carbocycles. The van der Waals surface area contributed by atoms with Crippen molar-refractivity contribution < 1.29 is 27.1 Å². The van der Waals surface area contributed by atoms with Crippen LogP contribution in [0.3, 0.4) is 0 Å². The molecule has 2 bridgehead atoms. The third-order valence-corrected chi connectivity index (χ3v) is 5.52. The van der Waals surface area contributed by atoms with Gasteiger partial charge in [0.25, 0.3) is 0 Å². The summed E-state index contributed by atoms with van der Waals surface area (Å²) in [7, 11) is 0. The molecular formula is C15H18F3N3O3. The Morgan fingerprint density at radius 3 is 2.62 bits per heavy atom. The van der Waals surface area contributed by atoms with E-state index in [1.807, 2.05) is 0 Å². The predicted molar refractivity (Wildman–Crippen MR) is 73.9 cm³/mol. The van der Waals surface area contributed by atoms with Gasteiger partial charge in [0, 0.05) is 18.4 Å². The number of carbonyl (C=O) groups excluding carboxylic acids is 1. The van der Waals surface area contributed by atoms with E-state index in [0.29, 0.717) is 11.8 Å². The van der Waals surface area contributed by atoms with E-state index in [9.17, 15) is 18.0 Å². The minimum absolute atomic E-state index is 0.0399. The number of hydrogen-bond donors (Lipinski definition) is 1. The summed E-state index contributed by atoms with van der Waals surface area (Å²) in [6, 6.07) is 0. The SMILES string of the molecule is CC(=O)NC12CCC(c3nnc(C4CC(OC(F)(F)F)C4)o3)(C1)C2. The van der Waals surface area contributed by atoms with Crippen LogP contribution in [0.15, 0.2) is 4.42 Å². The van der Waals surface area contributed by atoms with Crippen molar-refractivity contribution in [2.24, 2.45) is 0 Å². The van der Waals surface area contributed by atoms with Crippen LogP contribution in [0.25, 0.3) is 0 Å². The summed E-state index contributed by atoms with van der Waals surface area (Å²) in [6.07, 6.45) is -1.62. The second-order valence-electron chi connectivity index (χ2n) is 7.39. The van der Waals surface area contributed by atoms with Crippen molar-refractivity contribution in [3.63, 3.8) is 0 Å². The Bertz CT molecular complexity index is 660. The Hall–Kier alpha value is -1.64. The fourth-order valence-corrected chi connectivity index (χ4v) is 4.52. The lowest BCUT2D eigenvalue weighted by Crippen LogP contribution is -2.56. The van der Waals surface area contributed by atoms with E-state index in [4.69, 9.17) is 4.42 Å². The molecule has 4 aliphatic carbocycles. The number of aromatic nitrogens is 2. The van der Waals surface area contributed by atoms with Gasteiger partial charge in [-0.25, -0.2) is 0 Å². The van der Waals surface area contributed by atoms with Crippen LogP contribution in [0.2, 0.25) is 0 Å². The smallest absolute Gasteiger partial charge is 0.424 e. The summed E-state index contributed by atoms with van der Waals surface area (Å²) < 4.78 is 46.2. The molecule has 0 aromatic carbocycles. The number of nitrogens with one attached hydrogen (secondary N) is 1. The van der Waals surface area contributed by atoms with Gasteiger partial charge in [-0.05, 0) is 38.5 Å². The molecule has 1 aromatic heterocycles. The number of nitrogens with zero attached hydrogens (tertiary/aromatic N) is 2. The number of halogens is 3. The van der Waals surface area contributed by atoms with Crippen LogP contribution in [0.5, 0.6) is 0 Å². The van der Waals surface area contributed by atoms with E-state index in [0.717, 1.165) is 25.7 Å². The molecule has 9 heteroatoms. The van der Waals surface area contributed by atoms with Gasteiger partial charge in [0.1, 0.15) is 0 Å². The molecule has 0 spiro atoms. The zero-order chi connectivity index (χ0) is 17.2. The summed E-state index contributed by atoms with van der Waals surface area (Å²) in [5.74, 6) is 0.736. The fraction of sp³-hybridized carbons (Fsp3) is 0.800. The fourth-order valence-electron chi connectivity index (χ4n) is 4.52. The summed E-state index contributed by atoms with van der Waals surface area (Å²) in [5.41, 5.74) is -0.331. The van der Waals surface area contributed by atoms with Gasteiger partial charge < -0.3 is 9.73 Å². The molecule has 0 unspecified atom stereocenters. The number of alkyl halides is 3. The minimum atomic E-state index is -4.60. The molecule has 6 nitrogen and oxygen atoms in total. The number of rotatable bonds is 4. The molecule has 0 saturated heterocycles. The van der Waals surface area contributed by atoms with Crippen molar-refractivity contribution in [1.82, 2.24) is 15.5 Å². The number of hydrogen-bond acceptors (Lipinski definition) is 5. The highest BCUT2D eigenvalue weighted by atomic mass is 19.4. The summed E-state index contributed by atoms with van der Waals surface area (Å²) in [5, 5.41) is 11.2. The first kappa shape index (κ1) is 15.9. The maximum absolute atomic E-state index is 12.1. The van der Waals surface area contributed by atoms with Crippen molar-refractivity contribution in [2.45, 2.75) is 74.8 Å².